The largest absolute Gasteiger partial charge is 0.481 e. The van der Waals surface area contributed by atoms with Gasteiger partial charge < -0.3 is 135 Å². The second-order valence-corrected chi connectivity index (χ2v) is 25.8. The number of benzene rings is 1. The number of rotatable bonds is 54. The summed E-state index contributed by atoms with van der Waals surface area (Å²) in [7, 11) is 0. The molecule has 1 aromatic carbocycles. The maximum atomic E-state index is 14.6. The van der Waals surface area contributed by atoms with E-state index in [9.17, 15) is 139 Å². The van der Waals surface area contributed by atoms with Crippen molar-refractivity contribution in [3.8, 4) is 0 Å². The number of ketones is 3. The van der Waals surface area contributed by atoms with Crippen molar-refractivity contribution in [1.29, 1.82) is 0 Å². The van der Waals surface area contributed by atoms with Crippen molar-refractivity contribution in [3.05, 3.63) is 52.1 Å². The van der Waals surface area contributed by atoms with Gasteiger partial charge in [-0.2, -0.15) is 4.98 Å². The lowest BCUT2D eigenvalue weighted by molar-refractivity contribution is -0.140. The van der Waals surface area contributed by atoms with Gasteiger partial charge in [-0.3, -0.25) is 62.5 Å². The molecule has 0 aliphatic carbocycles. The summed E-state index contributed by atoms with van der Waals surface area (Å²) in [6.45, 7) is -3.87. The summed E-state index contributed by atoms with van der Waals surface area (Å²) in [6.07, 6.45) is -32.8. The normalized spacial score (nSPS) is 16.6. The van der Waals surface area contributed by atoms with Crippen LogP contribution in [0.2, 0.25) is 0 Å². The number of aliphatic hydroxyl groups excluding tert-OH is 15. The van der Waals surface area contributed by atoms with Gasteiger partial charge >= 0.3 is 17.9 Å². The minimum absolute atomic E-state index is 0.00326. The number of anilines is 2. The summed E-state index contributed by atoms with van der Waals surface area (Å²) in [6, 6.07) is 0.128. The number of Topliss-reactive ketones (excluding diaryl/α,β-unsaturated/α-hetero) is 3. The molecule has 2 heterocycles. The highest BCUT2D eigenvalue weighted by molar-refractivity contribution is 5.98. The third kappa shape index (κ3) is 32.2. The SMILES string of the molecule is C[C@H](CCC(=O)NC[C@H](O)[C@@H](O)[C@H](O)[C@H](O)CO)CC(=O)C(CCC(=O)O)NC(=O)[C@H](CCC(=O)NC[C@H](O)[C@@H](O)[C@H](O)[C@H](O)CO)CC(=O)C(CCC(=O)O)NC(=O)[C@H](CCC(=O)NC[C@H](O)[C@@H](O)[C@H](O)[C@H](O)CO)CC(=O)CC[C@H](NC(=O)c1ccc(NCc2cnc3nc(N)[nH]c(=O)c3n2)cc1)C(=O)O. The Kier molecular flexibility index (Phi) is 40.2. The van der Waals surface area contributed by atoms with Crippen LogP contribution in [-0.4, -0.2) is 313 Å². The van der Waals surface area contributed by atoms with Crippen molar-refractivity contribution >= 4 is 93.5 Å². The molecule has 0 aliphatic heterocycles. The van der Waals surface area contributed by atoms with Gasteiger partial charge in [-0.1, -0.05) is 6.92 Å². The first-order chi connectivity index (χ1) is 50.8. The minimum atomic E-state index is -2.16. The summed E-state index contributed by atoms with van der Waals surface area (Å²) in [4.78, 5) is 187. The molecule has 2 aromatic heterocycles. The fraction of sp³-hybridized carbons (Fsp3) is 0.631. The number of carbonyl (C=O) groups is 12. The van der Waals surface area contributed by atoms with Crippen LogP contribution in [0, 0.1) is 17.8 Å². The molecule has 0 aliphatic rings. The Morgan fingerprint density at radius 2 is 0.889 bits per heavy atom. The number of carbonyl (C=O) groups excluding carboxylic acids is 9. The van der Waals surface area contributed by atoms with Crippen molar-refractivity contribution in [3.63, 3.8) is 0 Å². The Bertz CT molecular complexity index is 3540. The highest BCUT2D eigenvalue weighted by Gasteiger charge is 2.37. The molecule has 0 saturated heterocycles. The molecule has 28 N–H and O–H groups in total. The van der Waals surface area contributed by atoms with Gasteiger partial charge in [0.05, 0.1) is 68.7 Å². The zero-order valence-corrected chi connectivity index (χ0v) is 58.6. The lowest BCUT2D eigenvalue weighted by Gasteiger charge is -2.26. The van der Waals surface area contributed by atoms with E-state index in [1.165, 1.54) is 37.4 Å². The van der Waals surface area contributed by atoms with Crippen LogP contribution in [-0.2, 0) is 59.3 Å². The van der Waals surface area contributed by atoms with E-state index in [1.807, 2.05) is 0 Å². The van der Waals surface area contributed by atoms with Crippen LogP contribution in [0.4, 0.5) is 11.6 Å². The van der Waals surface area contributed by atoms with Crippen LogP contribution in [0.15, 0.2) is 35.3 Å². The molecule has 43 nitrogen and oxygen atoms in total. The Morgan fingerprint density at radius 1 is 0.481 bits per heavy atom. The molecule has 3 aromatic rings. The zero-order chi connectivity index (χ0) is 81.2. The van der Waals surface area contributed by atoms with Crippen molar-refractivity contribution in [1.82, 2.24) is 51.8 Å². The van der Waals surface area contributed by atoms with Gasteiger partial charge in [0.2, 0.25) is 35.5 Å². The fourth-order valence-electron chi connectivity index (χ4n) is 10.5. The smallest absolute Gasteiger partial charge is 0.326 e. The molecular weight excluding hydrogens is 1440 g/mol. The molecule has 0 spiro atoms. The molecular formula is C65H98N12O31. The van der Waals surface area contributed by atoms with Crippen LogP contribution in [0.1, 0.15) is 119 Å². The summed E-state index contributed by atoms with van der Waals surface area (Å²) in [5.74, 6) is -18.1. The van der Waals surface area contributed by atoms with Crippen LogP contribution in [0.3, 0.4) is 0 Å². The summed E-state index contributed by atoms with van der Waals surface area (Å²) < 4.78 is 0. The standard InChI is InChI=1S/C65H98N12O31/c1-29(2-13-47(90)68-23-41(84)53(97)56(100)44(87)26-78)18-39(82)36(11-16-50(93)94)73-62(105)32(6-15-49(92)70-25-43(86)55(99)58(102)46(89)28-80)20-40(83)37(12-17-51(95)96)74-61(104)31(5-14-48(91)69-24-42(85)54(98)57(101)45(88)27-79)19-35(81)9-10-38(64(107)108)75-60(103)30-3-7-33(8-4-30)67-21-34-22-71-59-52(72-34)63(106)77-65(66)76-59/h3-4,7-8,22,29,31-32,36-38,41-46,53-58,67,78-80,84-89,97-102H,2,5-6,9-21,23-28H2,1H3,(H,68,90)(H,69,91)(H,70,92)(H,73,105)(H,74,104)(H,75,103)(H,93,94)(H,95,96)(H,107,108)(H3,66,71,76,77,106)/t29-,31-,32-,36?,37?,38+,41+,42+,43+,44-,45-,46-,53-,54-,55-,56-,57-,58-/m1/s1. The topological polar surface area (TPSA) is 751 Å². The molecule has 0 bridgehead atoms. The second kappa shape index (κ2) is 46.8. The average Bonchev–Trinajstić information content (AvgIpc) is 0.811. The number of aliphatic hydroxyl groups is 15. The number of aromatic nitrogens is 4. The molecule has 0 saturated carbocycles. The molecule has 108 heavy (non-hydrogen) atoms. The molecule has 3 rings (SSSR count). The molecule has 0 fully saturated rings. The number of hydrogen-bond donors (Lipinski definition) is 27. The Hall–Kier alpha value is -9.32. The summed E-state index contributed by atoms with van der Waals surface area (Å²) >= 11 is 0. The van der Waals surface area contributed by atoms with E-state index in [2.05, 4.69) is 57.2 Å². The minimum Gasteiger partial charge on any atom is -0.481 e. The maximum absolute atomic E-state index is 14.6. The van der Waals surface area contributed by atoms with Crippen LogP contribution in [0.25, 0.3) is 11.2 Å². The second-order valence-electron chi connectivity index (χ2n) is 25.8. The van der Waals surface area contributed by atoms with Crippen LogP contribution >= 0.6 is 0 Å². The average molecular weight is 1540 g/mol. The van der Waals surface area contributed by atoms with E-state index in [-0.39, 0.29) is 42.1 Å². The van der Waals surface area contributed by atoms with E-state index in [0.29, 0.717) is 11.4 Å². The van der Waals surface area contributed by atoms with E-state index >= 15 is 0 Å². The number of carboxylic acid groups (broad SMARTS) is 3. The molecule has 604 valence electrons. The highest BCUT2D eigenvalue weighted by atomic mass is 16.4. The molecule has 6 amide bonds. The van der Waals surface area contributed by atoms with Crippen molar-refractivity contribution in [2.75, 3.05) is 50.5 Å². The van der Waals surface area contributed by atoms with Crippen molar-refractivity contribution in [2.24, 2.45) is 17.8 Å². The van der Waals surface area contributed by atoms with Crippen LogP contribution in [0.5, 0.6) is 0 Å². The van der Waals surface area contributed by atoms with Gasteiger partial charge in [-0.15, -0.1) is 0 Å². The predicted molar refractivity (Wildman–Crippen MR) is 367 cm³/mol. The van der Waals surface area contributed by atoms with E-state index in [0.717, 1.165) is 0 Å². The van der Waals surface area contributed by atoms with Gasteiger partial charge in [0.1, 0.15) is 66.8 Å². The number of carboxylic acids is 3. The van der Waals surface area contributed by atoms with Gasteiger partial charge in [0.25, 0.3) is 11.5 Å². The van der Waals surface area contributed by atoms with Crippen molar-refractivity contribution in [2.45, 2.75) is 201 Å². The number of fused-ring (bicyclic) bond motifs is 1. The molecule has 2 unspecified atom stereocenters. The van der Waals surface area contributed by atoms with Crippen molar-refractivity contribution < 1.29 is 149 Å². The first-order valence-electron chi connectivity index (χ1n) is 34.1. The van der Waals surface area contributed by atoms with E-state index in [1.54, 1.807) is 0 Å². The predicted octanol–water partition coefficient (Wildman–Crippen LogP) is -9.69. The van der Waals surface area contributed by atoms with E-state index in [4.69, 9.17) is 21.1 Å². The number of aliphatic carboxylic acids is 3. The molecule has 18 atom stereocenters. The number of aromatic amines is 1. The lowest BCUT2D eigenvalue weighted by Crippen LogP contribution is -2.50. The number of nitrogens with one attached hydrogen (secondary N) is 8. The summed E-state index contributed by atoms with van der Waals surface area (Å²) in [5, 5.41) is 194. The van der Waals surface area contributed by atoms with Gasteiger partial charge in [-0.05, 0) is 68.7 Å². The number of amides is 6. The third-order valence-electron chi connectivity index (χ3n) is 17.1. The Balaban J connectivity index is 1.95. The van der Waals surface area contributed by atoms with Crippen LogP contribution < -0.4 is 48.5 Å². The number of H-pyrrole nitrogens is 1. The molecule has 0 radical (unpaired) electrons. The van der Waals surface area contributed by atoms with Gasteiger partial charge in [-0.25, -0.2) is 14.8 Å². The van der Waals surface area contributed by atoms with Gasteiger partial charge in [0, 0.05) is 101 Å². The Labute approximate surface area is 614 Å². The Morgan fingerprint density at radius 3 is 1.31 bits per heavy atom. The van der Waals surface area contributed by atoms with E-state index < -0.39 is 308 Å². The summed E-state index contributed by atoms with van der Waals surface area (Å²) in [5.41, 5.74) is 5.53. The number of hydrogen-bond acceptors (Lipinski definition) is 33. The lowest BCUT2D eigenvalue weighted by atomic mass is 9.89. The highest BCUT2D eigenvalue weighted by Crippen LogP contribution is 2.23. The quantitative estimate of drug-likeness (QED) is 0.0250. The first kappa shape index (κ1) is 92.9. The zero-order valence-electron chi connectivity index (χ0n) is 58.6. The fourth-order valence-corrected chi connectivity index (χ4v) is 10.5. The first-order valence-corrected chi connectivity index (χ1v) is 34.1. The maximum Gasteiger partial charge on any atom is 0.326 e. The monoisotopic (exact) mass is 1540 g/mol. The van der Waals surface area contributed by atoms with Gasteiger partial charge in [0.15, 0.2) is 22.7 Å². The number of nitrogen functional groups attached to an aromatic ring is 1. The number of nitrogens with zero attached hydrogens (tertiary/aromatic N) is 3. The molecule has 43 heteroatoms. The third-order valence-corrected chi connectivity index (χ3v) is 17.1. The number of nitrogens with two attached hydrogens (primary N) is 1.